The van der Waals surface area contributed by atoms with Crippen molar-refractivity contribution >= 4 is 12.1 Å². The molecule has 1 amide bonds. The number of rotatable bonds is 4. The Morgan fingerprint density at radius 3 is 2.54 bits per heavy atom. The molecule has 2 rings (SSSR count). The van der Waals surface area contributed by atoms with E-state index in [0.717, 1.165) is 10.9 Å². The average molecular weight is 346 g/mol. The minimum absolute atomic E-state index is 0.0501. The number of hydrogen-bond acceptors (Lipinski definition) is 4. The molecule has 0 aromatic carbocycles. The van der Waals surface area contributed by atoms with Crippen molar-refractivity contribution in [3.63, 3.8) is 0 Å². The van der Waals surface area contributed by atoms with Gasteiger partial charge < -0.3 is 0 Å². The molecule has 2 aromatic heterocycles. The monoisotopic (exact) mass is 346 g/mol. The van der Waals surface area contributed by atoms with E-state index < -0.39 is 29.4 Å². The zero-order valence-corrected chi connectivity index (χ0v) is 13.0. The highest BCUT2D eigenvalue weighted by Crippen LogP contribution is 2.29. The lowest BCUT2D eigenvalue weighted by Crippen LogP contribution is -2.18. The summed E-state index contributed by atoms with van der Waals surface area (Å²) in [6, 6.07) is 0.629. The molecular weight excluding hydrogens is 332 g/mol. The van der Waals surface area contributed by atoms with Crippen molar-refractivity contribution < 1.29 is 22.4 Å². The van der Waals surface area contributed by atoms with E-state index in [-0.39, 0.29) is 12.1 Å². The Morgan fingerprint density at radius 1 is 1.42 bits per heavy atom. The molecule has 0 bridgehead atoms. The number of aromatic nitrogens is 4. The van der Waals surface area contributed by atoms with Crippen LogP contribution >= 0.6 is 0 Å². The lowest BCUT2D eigenvalue weighted by atomic mass is 10.3. The third kappa shape index (κ3) is 3.44. The van der Waals surface area contributed by atoms with Crippen LogP contribution in [-0.2, 0) is 19.8 Å². The van der Waals surface area contributed by atoms with E-state index in [4.69, 9.17) is 0 Å². The number of hydrazone groups is 1. The second-order valence-corrected chi connectivity index (χ2v) is 4.84. The number of halogens is 4. The van der Waals surface area contributed by atoms with Crippen molar-refractivity contribution in [2.45, 2.75) is 26.6 Å². The van der Waals surface area contributed by atoms with E-state index in [9.17, 15) is 22.4 Å². The van der Waals surface area contributed by atoms with Gasteiger partial charge in [-0.1, -0.05) is 0 Å². The molecule has 0 unspecified atom stereocenters. The first kappa shape index (κ1) is 17.6. The standard InChI is InChI=1S/C13H14F4N6O/c1-4-23-10(13(15,16)17)5-9(21-23)12(24)19-18-6-8-7(2)20-22(3)11(8)14/h5-6H,4H2,1-3H3,(H,19,24). The van der Waals surface area contributed by atoms with Gasteiger partial charge in [-0.25, -0.2) is 10.1 Å². The van der Waals surface area contributed by atoms with E-state index in [0.29, 0.717) is 16.4 Å². The molecule has 0 saturated heterocycles. The van der Waals surface area contributed by atoms with Gasteiger partial charge in [0.25, 0.3) is 5.91 Å². The first-order valence-electron chi connectivity index (χ1n) is 6.82. The van der Waals surface area contributed by atoms with Gasteiger partial charge in [0.15, 0.2) is 5.69 Å². The summed E-state index contributed by atoms with van der Waals surface area (Å²) in [5.41, 5.74) is 0.949. The molecule has 0 saturated carbocycles. The zero-order valence-electron chi connectivity index (χ0n) is 13.0. The predicted octanol–water partition coefficient (Wildman–Crippen LogP) is 1.87. The Kier molecular flexibility index (Phi) is 4.71. The lowest BCUT2D eigenvalue weighted by molar-refractivity contribution is -0.144. The summed E-state index contributed by atoms with van der Waals surface area (Å²) < 4.78 is 53.7. The first-order chi connectivity index (χ1) is 11.1. The fourth-order valence-electron chi connectivity index (χ4n) is 2.00. The number of hydrogen-bond donors (Lipinski definition) is 1. The number of carbonyl (C=O) groups excluding carboxylic acids is 1. The number of nitrogens with one attached hydrogen (secondary N) is 1. The molecule has 0 atom stereocenters. The number of carbonyl (C=O) groups is 1. The molecule has 11 heteroatoms. The Balaban J connectivity index is 2.16. The third-order valence-electron chi connectivity index (χ3n) is 3.16. The lowest BCUT2D eigenvalue weighted by Gasteiger charge is -2.06. The van der Waals surface area contributed by atoms with Gasteiger partial charge in [-0.05, 0) is 13.8 Å². The molecule has 0 aliphatic carbocycles. The minimum atomic E-state index is -4.62. The molecule has 0 spiro atoms. The minimum Gasteiger partial charge on any atom is -0.265 e. The maximum Gasteiger partial charge on any atom is 0.433 e. The van der Waals surface area contributed by atoms with Gasteiger partial charge in [0.1, 0.15) is 5.69 Å². The Labute approximate surface area is 133 Å². The third-order valence-corrected chi connectivity index (χ3v) is 3.16. The summed E-state index contributed by atoms with van der Waals surface area (Å²) in [5.74, 6) is -1.59. The second kappa shape index (κ2) is 6.42. The fourth-order valence-corrected chi connectivity index (χ4v) is 2.00. The largest absolute Gasteiger partial charge is 0.433 e. The first-order valence-corrected chi connectivity index (χ1v) is 6.82. The van der Waals surface area contributed by atoms with Gasteiger partial charge in [-0.3, -0.25) is 9.48 Å². The van der Waals surface area contributed by atoms with Crippen LogP contribution < -0.4 is 5.43 Å². The van der Waals surface area contributed by atoms with Gasteiger partial charge in [0, 0.05) is 19.7 Å². The Morgan fingerprint density at radius 2 is 2.08 bits per heavy atom. The van der Waals surface area contributed by atoms with Crippen molar-refractivity contribution in [1.29, 1.82) is 0 Å². The highest BCUT2D eigenvalue weighted by molar-refractivity contribution is 5.93. The molecule has 1 N–H and O–H groups in total. The number of amides is 1. The smallest absolute Gasteiger partial charge is 0.265 e. The Hall–Kier alpha value is -2.72. The summed E-state index contributed by atoms with van der Waals surface area (Å²) in [6.45, 7) is 2.96. The molecule has 2 aromatic rings. The SMILES string of the molecule is CCn1nc(C(=O)NN=Cc2c(C)nn(C)c2F)cc1C(F)(F)F. The molecule has 0 aliphatic rings. The molecule has 24 heavy (non-hydrogen) atoms. The van der Waals surface area contributed by atoms with E-state index in [1.807, 2.05) is 5.43 Å². The highest BCUT2D eigenvalue weighted by atomic mass is 19.4. The summed E-state index contributed by atoms with van der Waals surface area (Å²) in [4.78, 5) is 11.8. The molecule has 130 valence electrons. The van der Waals surface area contributed by atoms with Crippen molar-refractivity contribution in [3.05, 3.63) is 34.7 Å². The van der Waals surface area contributed by atoms with Crippen LogP contribution in [0.4, 0.5) is 17.6 Å². The van der Waals surface area contributed by atoms with Crippen LogP contribution in [0.1, 0.15) is 34.4 Å². The molecule has 7 nitrogen and oxygen atoms in total. The van der Waals surface area contributed by atoms with Crippen molar-refractivity contribution in [1.82, 2.24) is 25.0 Å². The van der Waals surface area contributed by atoms with Crippen LogP contribution in [0.15, 0.2) is 11.2 Å². The Bertz CT molecular complexity index is 789. The maximum absolute atomic E-state index is 13.7. The number of aryl methyl sites for hydroxylation is 3. The average Bonchev–Trinajstić information content (AvgIpc) is 3.03. The van der Waals surface area contributed by atoms with Crippen LogP contribution in [0.25, 0.3) is 0 Å². The van der Waals surface area contributed by atoms with Crippen molar-refractivity contribution in [3.8, 4) is 0 Å². The van der Waals surface area contributed by atoms with Crippen molar-refractivity contribution in [2.75, 3.05) is 0 Å². The van der Waals surface area contributed by atoms with E-state index in [1.54, 1.807) is 6.92 Å². The van der Waals surface area contributed by atoms with Crippen LogP contribution in [0, 0.1) is 12.9 Å². The van der Waals surface area contributed by atoms with E-state index in [1.165, 1.54) is 14.0 Å². The number of nitrogens with zero attached hydrogens (tertiary/aromatic N) is 5. The van der Waals surface area contributed by atoms with Gasteiger partial charge >= 0.3 is 6.18 Å². The van der Waals surface area contributed by atoms with E-state index in [2.05, 4.69) is 15.3 Å². The maximum atomic E-state index is 13.7. The van der Waals surface area contributed by atoms with Crippen LogP contribution in [-0.4, -0.2) is 31.7 Å². The van der Waals surface area contributed by atoms with Gasteiger partial charge in [0.2, 0.25) is 5.95 Å². The number of alkyl halides is 3. The molecule has 2 heterocycles. The topological polar surface area (TPSA) is 77.1 Å². The normalized spacial score (nSPS) is 12.1. The van der Waals surface area contributed by atoms with E-state index >= 15 is 0 Å². The molecule has 0 aliphatic heterocycles. The van der Waals surface area contributed by atoms with Crippen LogP contribution in [0.5, 0.6) is 0 Å². The molecule has 0 fully saturated rings. The molecular formula is C13H14F4N6O. The molecule has 0 radical (unpaired) electrons. The summed E-state index contributed by atoms with van der Waals surface area (Å²) in [5, 5.41) is 10.9. The quantitative estimate of drug-likeness (QED) is 0.522. The van der Waals surface area contributed by atoms with Gasteiger partial charge in [0.05, 0.1) is 17.5 Å². The summed E-state index contributed by atoms with van der Waals surface area (Å²) in [6.07, 6.45) is -3.60. The van der Waals surface area contributed by atoms with Crippen molar-refractivity contribution in [2.24, 2.45) is 12.1 Å². The van der Waals surface area contributed by atoms with Crippen LogP contribution in [0.3, 0.4) is 0 Å². The summed E-state index contributed by atoms with van der Waals surface area (Å²) >= 11 is 0. The predicted molar refractivity (Wildman–Crippen MR) is 75.9 cm³/mol. The van der Waals surface area contributed by atoms with Crippen LogP contribution in [0.2, 0.25) is 0 Å². The zero-order chi connectivity index (χ0) is 18.1. The van der Waals surface area contributed by atoms with Gasteiger partial charge in [-0.15, -0.1) is 0 Å². The fraction of sp³-hybridized carbons (Fsp3) is 0.385. The second-order valence-electron chi connectivity index (χ2n) is 4.84. The summed E-state index contributed by atoms with van der Waals surface area (Å²) in [7, 11) is 1.40. The highest BCUT2D eigenvalue weighted by Gasteiger charge is 2.36. The van der Waals surface area contributed by atoms with Gasteiger partial charge in [-0.2, -0.15) is 32.9 Å².